The fraction of sp³-hybridized carbons (Fsp3) is 0.455. The van der Waals surface area contributed by atoms with E-state index >= 15 is 0 Å². The second kappa shape index (κ2) is 9.32. The molecule has 150 valence electrons. The summed E-state index contributed by atoms with van der Waals surface area (Å²) in [7, 11) is 1.64. The van der Waals surface area contributed by atoms with E-state index in [1.807, 2.05) is 30.9 Å². The number of hydrogen-bond donors (Lipinski definition) is 0. The summed E-state index contributed by atoms with van der Waals surface area (Å²) in [5.74, 6) is 2.37. The van der Waals surface area contributed by atoms with Crippen LogP contribution in [0.3, 0.4) is 0 Å². The number of amides is 1. The minimum absolute atomic E-state index is 0.00873. The minimum Gasteiger partial charge on any atom is -0.495 e. The van der Waals surface area contributed by atoms with Crippen molar-refractivity contribution in [3.05, 3.63) is 42.6 Å². The average Bonchev–Trinajstić information content (AvgIpc) is 3.33. The molecule has 0 N–H and O–H groups in total. The molecule has 2 heterocycles. The smallest absolute Gasteiger partial charge is 0.410 e. The molecule has 0 spiro atoms. The van der Waals surface area contributed by atoms with Crippen molar-refractivity contribution in [2.75, 3.05) is 26.5 Å². The molecule has 1 aromatic carbocycles. The lowest BCUT2D eigenvalue weighted by molar-refractivity contribution is 0.0804. The number of rotatable bonds is 4. The highest BCUT2D eigenvalue weighted by molar-refractivity contribution is 7.98. The van der Waals surface area contributed by atoms with Gasteiger partial charge in [0.05, 0.1) is 25.1 Å². The van der Waals surface area contributed by atoms with Gasteiger partial charge >= 0.3 is 6.09 Å². The molecule has 6 heteroatoms. The third-order valence-electron chi connectivity index (χ3n) is 4.93. The predicted molar refractivity (Wildman–Crippen MR) is 113 cm³/mol. The van der Waals surface area contributed by atoms with Crippen molar-refractivity contribution in [1.29, 1.82) is 0 Å². The van der Waals surface area contributed by atoms with Crippen LogP contribution in [0.5, 0.6) is 5.75 Å². The number of likely N-dealkylation sites (tertiary alicyclic amines) is 1. The summed E-state index contributed by atoms with van der Waals surface area (Å²) in [6.07, 6.45) is 5.01. The van der Waals surface area contributed by atoms with Crippen LogP contribution < -0.4 is 4.74 Å². The zero-order valence-corrected chi connectivity index (χ0v) is 17.7. The molecule has 2 unspecified atom stereocenters. The number of piperidine rings is 1. The number of hydrogen-bond acceptors (Lipinski definition) is 5. The lowest BCUT2D eigenvalue weighted by Gasteiger charge is -2.18. The number of benzene rings is 1. The van der Waals surface area contributed by atoms with Gasteiger partial charge in [0.1, 0.15) is 5.75 Å². The van der Waals surface area contributed by atoms with Gasteiger partial charge in [-0.25, -0.2) is 4.79 Å². The molecule has 2 aromatic rings. The van der Waals surface area contributed by atoms with E-state index in [0.29, 0.717) is 0 Å². The van der Waals surface area contributed by atoms with Crippen LogP contribution in [0.2, 0.25) is 0 Å². The monoisotopic (exact) mass is 400 g/mol. The van der Waals surface area contributed by atoms with Crippen molar-refractivity contribution >= 4 is 17.9 Å². The van der Waals surface area contributed by atoms with E-state index in [1.54, 1.807) is 25.1 Å². The largest absolute Gasteiger partial charge is 0.495 e. The second-order valence-electron chi connectivity index (χ2n) is 7.41. The Hall–Kier alpha value is -2.21. The first kappa shape index (κ1) is 20.5. The number of nitrogens with zero attached hydrogens (tertiary/aromatic N) is 2. The molecule has 1 aromatic heterocycles. The highest BCUT2D eigenvalue weighted by Crippen LogP contribution is 2.44. The standard InChI is InChI=1S/C13H13NOS.C9H15NO2/c1-15-11-5-8-13(14-9-11)10-3-6-12(16-2)7-4-10;1-6(2)12-9(11)10-4-7-3-8(7)5-10/h3-9H,1-2H3;6-8H,3-5H2,1-2H3. The van der Waals surface area contributed by atoms with Gasteiger partial charge in [-0.1, -0.05) is 12.1 Å². The summed E-state index contributed by atoms with van der Waals surface area (Å²) < 4.78 is 10.2. The van der Waals surface area contributed by atoms with E-state index in [9.17, 15) is 4.79 Å². The third-order valence-corrected chi connectivity index (χ3v) is 5.67. The zero-order valence-electron chi connectivity index (χ0n) is 16.9. The maximum atomic E-state index is 11.3. The maximum absolute atomic E-state index is 11.3. The van der Waals surface area contributed by atoms with Crippen LogP contribution in [0.15, 0.2) is 47.5 Å². The molecule has 0 bridgehead atoms. The van der Waals surface area contributed by atoms with Gasteiger partial charge in [0.15, 0.2) is 0 Å². The summed E-state index contributed by atoms with van der Waals surface area (Å²) in [5.41, 5.74) is 2.09. The van der Waals surface area contributed by atoms with Crippen molar-refractivity contribution in [2.45, 2.75) is 31.3 Å². The summed E-state index contributed by atoms with van der Waals surface area (Å²) in [6, 6.07) is 12.3. The predicted octanol–water partition coefficient (Wildman–Crippen LogP) is 4.96. The van der Waals surface area contributed by atoms with Gasteiger partial charge in [-0.3, -0.25) is 4.98 Å². The molecule has 1 aliphatic carbocycles. The highest BCUT2D eigenvalue weighted by Gasteiger charge is 2.47. The third kappa shape index (κ3) is 5.41. The van der Waals surface area contributed by atoms with Gasteiger partial charge in [0, 0.05) is 23.5 Å². The van der Waals surface area contributed by atoms with Crippen molar-refractivity contribution in [3.63, 3.8) is 0 Å². The van der Waals surface area contributed by atoms with E-state index in [0.717, 1.165) is 41.9 Å². The molecule has 1 aliphatic heterocycles. The van der Waals surface area contributed by atoms with E-state index in [2.05, 4.69) is 35.5 Å². The van der Waals surface area contributed by atoms with Crippen LogP contribution in [0.4, 0.5) is 4.79 Å². The lowest BCUT2D eigenvalue weighted by atomic mass is 10.1. The van der Waals surface area contributed by atoms with E-state index < -0.39 is 0 Å². The van der Waals surface area contributed by atoms with Gasteiger partial charge in [0.25, 0.3) is 0 Å². The molecular formula is C22H28N2O3S. The van der Waals surface area contributed by atoms with Gasteiger partial charge in [-0.15, -0.1) is 11.8 Å². The summed E-state index contributed by atoms with van der Waals surface area (Å²) in [4.78, 5) is 18.8. The summed E-state index contributed by atoms with van der Waals surface area (Å²) in [5, 5.41) is 0. The molecular weight excluding hydrogens is 372 g/mol. The molecule has 2 aliphatic rings. The Morgan fingerprint density at radius 1 is 1.14 bits per heavy atom. The van der Waals surface area contributed by atoms with Gasteiger partial charge in [-0.05, 0) is 62.6 Å². The number of carbonyl (C=O) groups excluding carboxylic acids is 1. The van der Waals surface area contributed by atoms with Crippen LogP contribution in [0.25, 0.3) is 11.3 Å². The zero-order chi connectivity index (χ0) is 20.1. The molecule has 2 fully saturated rings. The van der Waals surface area contributed by atoms with Crippen molar-refractivity contribution in [3.8, 4) is 17.0 Å². The van der Waals surface area contributed by atoms with Crippen molar-refractivity contribution in [1.82, 2.24) is 9.88 Å². The van der Waals surface area contributed by atoms with Crippen molar-refractivity contribution in [2.24, 2.45) is 11.8 Å². The number of thioether (sulfide) groups is 1. The number of ether oxygens (including phenoxy) is 2. The number of aromatic nitrogens is 1. The number of pyridine rings is 1. The molecule has 28 heavy (non-hydrogen) atoms. The second-order valence-corrected chi connectivity index (χ2v) is 8.28. The van der Waals surface area contributed by atoms with Crippen molar-refractivity contribution < 1.29 is 14.3 Å². The van der Waals surface area contributed by atoms with Crippen LogP contribution in [-0.4, -0.2) is 48.5 Å². The Kier molecular flexibility index (Phi) is 6.83. The molecule has 2 atom stereocenters. The Bertz CT molecular complexity index is 722. The first-order valence-electron chi connectivity index (χ1n) is 9.60. The van der Waals surface area contributed by atoms with Gasteiger partial charge in [-0.2, -0.15) is 0 Å². The summed E-state index contributed by atoms with van der Waals surface area (Å²) in [6.45, 7) is 5.62. The number of methoxy groups -OCH3 is 1. The van der Waals surface area contributed by atoms with Crippen LogP contribution in [0, 0.1) is 11.8 Å². The maximum Gasteiger partial charge on any atom is 0.410 e. The minimum atomic E-state index is -0.128. The number of fused-ring (bicyclic) bond motifs is 1. The van der Waals surface area contributed by atoms with E-state index in [-0.39, 0.29) is 12.2 Å². The summed E-state index contributed by atoms with van der Waals surface area (Å²) >= 11 is 1.74. The van der Waals surface area contributed by atoms with E-state index in [4.69, 9.17) is 9.47 Å². The normalized spacial score (nSPS) is 19.5. The Morgan fingerprint density at radius 3 is 2.32 bits per heavy atom. The molecule has 1 amide bonds. The molecule has 1 saturated carbocycles. The van der Waals surface area contributed by atoms with Crippen LogP contribution in [0.1, 0.15) is 20.3 Å². The van der Waals surface area contributed by atoms with Crippen LogP contribution in [-0.2, 0) is 4.74 Å². The topological polar surface area (TPSA) is 51.7 Å². The highest BCUT2D eigenvalue weighted by atomic mass is 32.2. The first-order valence-corrected chi connectivity index (χ1v) is 10.8. The molecule has 0 radical (unpaired) electrons. The van der Waals surface area contributed by atoms with E-state index in [1.165, 1.54) is 11.3 Å². The van der Waals surface area contributed by atoms with Gasteiger partial charge < -0.3 is 14.4 Å². The molecule has 5 nitrogen and oxygen atoms in total. The Balaban J connectivity index is 0.000000167. The fourth-order valence-corrected chi connectivity index (χ4v) is 3.67. The SMILES string of the molecule is CC(C)OC(=O)N1CC2CC2C1.COc1ccc(-c2ccc(SC)cc2)nc1. The Morgan fingerprint density at radius 2 is 1.82 bits per heavy atom. The number of carbonyl (C=O) groups is 1. The Labute approximate surface area is 171 Å². The average molecular weight is 401 g/mol. The quantitative estimate of drug-likeness (QED) is 0.679. The first-order chi connectivity index (χ1) is 13.5. The molecule has 1 saturated heterocycles. The molecule has 4 rings (SSSR count). The fourth-order valence-electron chi connectivity index (χ4n) is 3.26. The van der Waals surface area contributed by atoms with Crippen LogP contribution >= 0.6 is 11.8 Å². The lowest BCUT2D eigenvalue weighted by Crippen LogP contribution is -2.32. The van der Waals surface area contributed by atoms with Gasteiger partial charge in [0.2, 0.25) is 0 Å².